The van der Waals surface area contributed by atoms with E-state index < -0.39 is 17.6 Å². The maximum Gasteiger partial charge on any atom is 0.416 e. The summed E-state index contributed by atoms with van der Waals surface area (Å²) >= 11 is 0. The molecule has 0 aliphatic carbocycles. The standard InChI is InChI=1S/C22H19F3N4O2/c1-14-19(13-26-29(14)18-8-2-5-15(11-18)22(23,24)25)21(31)27-16-6-3-7-17(12-16)28-10-4-9-20(28)30/h2-3,5-8,11-13H,4,9-10H2,1H3,(H,27,31). The summed E-state index contributed by atoms with van der Waals surface area (Å²) in [6.07, 6.45) is -1.86. The Kier molecular flexibility index (Phi) is 5.26. The van der Waals surface area contributed by atoms with Gasteiger partial charge in [0.05, 0.1) is 28.7 Å². The van der Waals surface area contributed by atoms with Crippen molar-refractivity contribution >= 4 is 23.2 Å². The second-order valence-electron chi connectivity index (χ2n) is 7.26. The second kappa shape index (κ2) is 7.90. The van der Waals surface area contributed by atoms with E-state index in [1.807, 2.05) is 0 Å². The summed E-state index contributed by atoms with van der Waals surface area (Å²) in [5, 5.41) is 6.87. The van der Waals surface area contributed by atoms with E-state index in [0.29, 0.717) is 30.0 Å². The number of hydrogen-bond donors (Lipinski definition) is 1. The first-order chi connectivity index (χ1) is 14.7. The third-order valence-corrected chi connectivity index (χ3v) is 5.16. The molecule has 4 rings (SSSR count). The lowest BCUT2D eigenvalue weighted by molar-refractivity contribution is -0.137. The first-order valence-corrected chi connectivity index (χ1v) is 9.68. The highest BCUT2D eigenvalue weighted by Crippen LogP contribution is 2.31. The number of halogens is 3. The van der Waals surface area contributed by atoms with Crippen molar-refractivity contribution in [2.75, 3.05) is 16.8 Å². The van der Waals surface area contributed by atoms with E-state index in [1.54, 1.807) is 36.1 Å². The zero-order valence-electron chi connectivity index (χ0n) is 16.6. The van der Waals surface area contributed by atoms with Crippen molar-refractivity contribution < 1.29 is 22.8 Å². The van der Waals surface area contributed by atoms with Gasteiger partial charge in [-0.1, -0.05) is 12.1 Å². The highest BCUT2D eigenvalue weighted by molar-refractivity contribution is 6.05. The van der Waals surface area contributed by atoms with E-state index in [0.717, 1.165) is 18.6 Å². The summed E-state index contributed by atoms with van der Waals surface area (Å²) in [7, 11) is 0. The van der Waals surface area contributed by atoms with Crippen LogP contribution in [-0.4, -0.2) is 28.1 Å². The number of hydrogen-bond acceptors (Lipinski definition) is 3. The molecule has 2 amide bonds. The van der Waals surface area contributed by atoms with Gasteiger partial charge in [-0.3, -0.25) is 9.59 Å². The minimum absolute atomic E-state index is 0.0432. The first-order valence-electron chi connectivity index (χ1n) is 9.68. The first kappa shape index (κ1) is 20.6. The molecule has 3 aromatic rings. The van der Waals surface area contributed by atoms with Crippen molar-refractivity contribution in [1.29, 1.82) is 0 Å². The van der Waals surface area contributed by atoms with Crippen LogP contribution in [0, 0.1) is 6.92 Å². The van der Waals surface area contributed by atoms with Gasteiger partial charge in [-0.25, -0.2) is 4.68 Å². The van der Waals surface area contributed by atoms with Gasteiger partial charge in [-0.05, 0) is 49.7 Å². The molecule has 31 heavy (non-hydrogen) atoms. The van der Waals surface area contributed by atoms with E-state index in [4.69, 9.17) is 0 Å². The Morgan fingerprint density at radius 1 is 1.10 bits per heavy atom. The van der Waals surface area contributed by atoms with Gasteiger partial charge in [-0.2, -0.15) is 18.3 Å². The van der Waals surface area contributed by atoms with Gasteiger partial charge in [0.25, 0.3) is 5.91 Å². The number of anilines is 2. The van der Waals surface area contributed by atoms with Crippen LogP contribution < -0.4 is 10.2 Å². The lowest BCUT2D eigenvalue weighted by Crippen LogP contribution is -2.23. The van der Waals surface area contributed by atoms with Crippen molar-refractivity contribution in [3.8, 4) is 5.69 Å². The smallest absolute Gasteiger partial charge is 0.322 e. The van der Waals surface area contributed by atoms with Crippen molar-refractivity contribution in [2.24, 2.45) is 0 Å². The number of rotatable bonds is 4. The van der Waals surface area contributed by atoms with Crippen molar-refractivity contribution in [3.63, 3.8) is 0 Å². The predicted molar refractivity (Wildman–Crippen MR) is 109 cm³/mol. The van der Waals surface area contributed by atoms with Crippen LogP contribution in [0.3, 0.4) is 0 Å². The Morgan fingerprint density at radius 3 is 2.55 bits per heavy atom. The third-order valence-electron chi connectivity index (χ3n) is 5.16. The topological polar surface area (TPSA) is 67.2 Å². The summed E-state index contributed by atoms with van der Waals surface area (Å²) < 4.78 is 40.3. The molecule has 0 atom stereocenters. The maximum atomic E-state index is 13.0. The number of benzene rings is 2. The number of nitrogens with zero attached hydrogens (tertiary/aromatic N) is 3. The quantitative estimate of drug-likeness (QED) is 0.662. The summed E-state index contributed by atoms with van der Waals surface area (Å²) in [5.74, 6) is -0.401. The number of aromatic nitrogens is 2. The maximum absolute atomic E-state index is 13.0. The number of alkyl halides is 3. The molecule has 0 unspecified atom stereocenters. The SMILES string of the molecule is Cc1c(C(=O)Nc2cccc(N3CCCC3=O)c2)cnn1-c1cccc(C(F)(F)F)c1. The number of carbonyl (C=O) groups excluding carboxylic acids is 2. The van der Waals surface area contributed by atoms with E-state index in [2.05, 4.69) is 10.4 Å². The third kappa shape index (κ3) is 4.16. The fraction of sp³-hybridized carbons (Fsp3) is 0.227. The Morgan fingerprint density at radius 2 is 1.84 bits per heavy atom. The zero-order chi connectivity index (χ0) is 22.2. The van der Waals surface area contributed by atoms with Crippen LogP contribution in [0.4, 0.5) is 24.5 Å². The minimum Gasteiger partial charge on any atom is -0.322 e. The van der Waals surface area contributed by atoms with Gasteiger partial charge < -0.3 is 10.2 Å². The zero-order valence-corrected chi connectivity index (χ0v) is 16.6. The number of carbonyl (C=O) groups is 2. The van der Waals surface area contributed by atoms with Crippen LogP contribution in [0.5, 0.6) is 0 Å². The summed E-state index contributed by atoms with van der Waals surface area (Å²) in [5.41, 5.74) is 1.27. The molecule has 0 bridgehead atoms. The predicted octanol–water partition coefficient (Wildman–Crippen LogP) is 4.58. The van der Waals surface area contributed by atoms with E-state index in [-0.39, 0.29) is 17.2 Å². The van der Waals surface area contributed by atoms with Crippen LogP contribution in [-0.2, 0) is 11.0 Å². The molecule has 1 aromatic heterocycles. The van der Waals surface area contributed by atoms with Crippen LogP contribution in [0.15, 0.2) is 54.7 Å². The normalized spacial score (nSPS) is 14.2. The summed E-state index contributed by atoms with van der Waals surface area (Å²) in [6, 6.07) is 11.7. The Balaban J connectivity index is 1.56. The molecule has 6 nitrogen and oxygen atoms in total. The van der Waals surface area contributed by atoms with E-state index in [9.17, 15) is 22.8 Å². The highest BCUT2D eigenvalue weighted by atomic mass is 19.4. The average Bonchev–Trinajstić information content (AvgIpc) is 3.33. The van der Waals surface area contributed by atoms with E-state index >= 15 is 0 Å². The molecular weight excluding hydrogens is 409 g/mol. The Labute approximate surface area is 176 Å². The van der Waals surface area contributed by atoms with Crippen LogP contribution in [0.2, 0.25) is 0 Å². The van der Waals surface area contributed by atoms with Crippen molar-refractivity contribution in [3.05, 3.63) is 71.5 Å². The molecule has 1 aliphatic heterocycles. The Hall–Kier alpha value is -3.62. The monoisotopic (exact) mass is 428 g/mol. The Bertz CT molecular complexity index is 1150. The lowest BCUT2D eigenvalue weighted by atomic mass is 10.2. The number of amides is 2. The molecule has 1 aliphatic rings. The fourth-order valence-corrected chi connectivity index (χ4v) is 3.58. The van der Waals surface area contributed by atoms with E-state index in [1.165, 1.54) is 23.0 Å². The molecular formula is C22H19F3N4O2. The molecule has 0 saturated carbocycles. The molecule has 1 N–H and O–H groups in total. The minimum atomic E-state index is -4.47. The summed E-state index contributed by atoms with van der Waals surface area (Å²) in [4.78, 5) is 26.4. The van der Waals surface area contributed by atoms with Gasteiger partial charge in [0, 0.05) is 24.3 Å². The molecule has 160 valence electrons. The average molecular weight is 428 g/mol. The second-order valence-corrected chi connectivity index (χ2v) is 7.26. The van der Waals surface area contributed by atoms with Gasteiger partial charge >= 0.3 is 6.18 Å². The fourth-order valence-electron chi connectivity index (χ4n) is 3.58. The molecule has 0 spiro atoms. The van der Waals surface area contributed by atoms with Crippen LogP contribution in [0.25, 0.3) is 5.69 Å². The van der Waals surface area contributed by atoms with Crippen LogP contribution in [0.1, 0.15) is 34.5 Å². The largest absolute Gasteiger partial charge is 0.416 e. The molecule has 2 aromatic carbocycles. The molecule has 9 heteroatoms. The van der Waals surface area contributed by atoms with Gasteiger partial charge in [-0.15, -0.1) is 0 Å². The van der Waals surface area contributed by atoms with Gasteiger partial charge in [0.1, 0.15) is 0 Å². The molecule has 2 heterocycles. The van der Waals surface area contributed by atoms with Crippen LogP contribution >= 0.6 is 0 Å². The highest BCUT2D eigenvalue weighted by Gasteiger charge is 2.31. The summed E-state index contributed by atoms with van der Waals surface area (Å²) in [6.45, 7) is 2.25. The van der Waals surface area contributed by atoms with Gasteiger partial charge in [0.2, 0.25) is 5.91 Å². The van der Waals surface area contributed by atoms with Crippen molar-refractivity contribution in [2.45, 2.75) is 25.9 Å². The molecule has 1 fully saturated rings. The van der Waals surface area contributed by atoms with Crippen molar-refractivity contribution in [1.82, 2.24) is 9.78 Å². The molecule has 0 radical (unpaired) electrons. The van der Waals surface area contributed by atoms with Gasteiger partial charge in [0.15, 0.2) is 0 Å². The lowest BCUT2D eigenvalue weighted by Gasteiger charge is -2.16. The number of nitrogens with one attached hydrogen (secondary N) is 1. The molecule has 1 saturated heterocycles.